The third kappa shape index (κ3) is 6.28. The number of pyridine rings is 1. The number of fused-ring (bicyclic) bond motifs is 1. The molecule has 0 radical (unpaired) electrons. The number of aryl methyl sites for hydroxylation is 1. The molecule has 44 heavy (non-hydrogen) atoms. The number of benzene rings is 2. The van der Waals surface area contributed by atoms with Crippen LogP contribution in [-0.4, -0.2) is 51.1 Å². The molecule has 234 valence electrons. The SMILES string of the molecule is COc1cc(C(=O)NC[C@](O)(c2cc(C(C)(C)O)c(F)c(-c3ccc(C(F)(F)F)cc3)n2)C(F)(F)F)cc2cc(C)nnc12. The quantitative estimate of drug-likeness (QED) is 0.230. The number of hydrogen-bond donors (Lipinski definition) is 3. The summed E-state index contributed by atoms with van der Waals surface area (Å²) in [6.07, 6.45) is -10.3. The number of nitrogens with one attached hydrogen (secondary N) is 1. The largest absolute Gasteiger partial charge is 0.494 e. The van der Waals surface area contributed by atoms with Gasteiger partial charge < -0.3 is 20.3 Å². The van der Waals surface area contributed by atoms with E-state index in [9.17, 15) is 41.4 Å². The van der Waals surface area contributed by atoms with Gasteiger partial charge in [0.2, 0.25) is 5.60 Å². The predicted octanol–water partition coefficient (Wildman–Crippen LogP) is 5.57. The Morgan fingerprint density at radius 3 is 2.14 bits per heavy atom. The highest BCUT2D eigenvalue weighted by Gasteiger charge is 2.57. The van der Waals surface area contributed by atoms with Crippen molar-refractivity contribution in [3.05, 3.63) is 82.4 Å². The van der Waals surface area contributed by atoms with Gasteiger partial charge in [0.15, 0.2) is 5.82 Å². The fourth-order valence-corrected chi connectivity index (χ4v) is 4.36. The highest BCUT2D eigenvalue weighted by Crippen LogP contribution is 2.41. The minimum absolute atomic E-state index is 0.0995. The van der Waals surface area contributed by atoms with Crippen LogP contribution in [0.1, 0.15) is 46.7 Å². The minimum atomic E-state index is -5.52. The molecule has 8 nitrogen and oxygen atoms in total. The Morgan fingerprint density at radius 2 is 1.59 bits per heavy atom. The van der Waals surface area contributed by atoms with Crippen LogP contribution < -0.4 is 10.1 Å². The molecule has 4 rings (SSSR count). The molecule has 1 amide bonds. The molecule has 4 aromatic rings. The minimum Gasteiger partial charge on any atom is -0.494 e. The van der Waals surface area contributed by atoms with Gasteiger partial charge in [-0.15, -0.1) is 5.10 Å². The van der Waals surface area contributed by atoms with E-state index in [-0.39, 0.29) is 22.4 Å². The Labute approximate surface area is 245 Å². The van der Waals surface area contributed by atoms with E-state index in [1.54, 1.807) is 13.0 Å². The molecule has 3 N–H and O–H groups in total. The monoisotopic (exact) mass is 626 g/mol. The summed E-state index contributed by atoms with van der Waals surface area (Å²) in [7, 11) is 1.29. The maximum atomic E-state index is 15.5. The zero-order valence-electron chi connectivity index (χ0n) is 23.5. The summed E-state index contributed by atoms with van der Waals surface area (Å²) in [4.78, 5) is 16.7. The number of ether oxygens (including phenoxy) is 1. The van der Waals surface area contributed by atoms with Crippen LogP contribution >= 0.6 is 0 Å². The summed E-state index contributed by atoms with van der Waals surface area (Å²) in [6, 6.07) is 7.33. The maximum Gasteiger partial charge on any atom is 0.424 e. The van der Waals surface area contributed by atoms with Crippen molar-refractivity contribution in [2.24, 2.45) is 0 Å². The lowest BCUT2D eigenvalue weighted by molar-refractivity contribution is -0.265. The molecule has 0 saturated carbocycles. The number of alkyl halides is 6. The highest BCUT2D eigenvalue weighted by molar-refractivity contribution is 5.99. The van der Waals surface area contributed by atoms with Gasteiger partial charge >= 0.3 is 12.4 Å². The van der Waals surface area contributed by atoms with Gasteiger partial charge in [0.1, 0.15) is 17.0 Å². The van der Waals surface area contributed by atoms with E-state index in [1.807, 2.05) is 5.32 Å². The number of methoxy groups -OCH3 is 1. The number of rotatable bonds is 7. The number of aliphatic hydroxyl groups is 2. The molecule has 15 heteroatoms. The summed E-state index contributed by atoms with van der Waals surface area (Å²) in [5.74, 6) is -2.28. The van der Waals surface area contributed by atoms with Crippen molar-refractivity contribution < 1.29 is 50.5 Å². The Bertz CT molecular complexity index is 1720. The number of carbonyl (C=O) groups is 1. The molecule has 2 aromatic carbocycles. The Kier molecular flexibility index (Phi) is 8.34. The van der Waals surface area contributed by atoms with Crippen molar-refractivity contribution in [2.75, 3.05) is 13.7 Å². The molecule has 0 bridgehead atoms. The summed E-state index contributed by atoms with van der Waals surface area (Å²) < 4.78 is 103. The first-order valence-electron chi connectivity index (χ1n) is 12.8. The summed E-state index contributed by atoms with van der Waals surface area (Å²) in [5.41, 5.74) is -9.74. The van der Waals surface area contributed by atoms with Crippen molar-refractivity contribution in [3.8, 4) is 17.0 Å². The van der Waals surface area contributed by atoms with Gasteiger partial charge in [0.25, 0.3) is 5.91 Å². The van der Waals surface area contributed by atoms with Gasteiger partial charge in [-0.1, -0.05) is 12.1 Å². The maximum absolute atomic E-state index is 15.5. The third-order valence-electron chi connectivity index (χ3n) is 6.76. The molecule has 2 heterocycles. The van der Waals surface area contributed by atoms with Crippen molar-refractivity contribution in [1.82, 2.24) is 20.5 Å². The van der Waals surface area contributed by atoms with Gasteiger partial charge in [0, 0.05) is 22.1 Å². The molecule has 2 aromatic heterocycles. The van der Waals surface area contributed by atoms with Crippen molar-refractivity contribution in [2.45, 2.75) is 44.3 Å². The molecule has 0 aliphatic heterocycles. The Morgan fingerprint density at radius 1 is 0.955 bits per heavy atom. The van der Waals surface area contributed by atoms with Gasteiger partial charge in [-0.05, 0) is 57.2 Å². The molecular weight excluding hydrogens is 601 g/mol. The number of carbonyl (C=O) groups excluding carboxylic acids is 1. The Hall–Kier alpha value is -4.37. The lowest BCUT2D eigenvalue weighted by Crippen LogP contribution is -2.51. The summed E-state index contributed by atoms with van der Waals surface area (Å²) in [5, 5.41) is 31.9. The predicted molar refractivity (Wildman–Crippen MR) is 143 cm³/mol. The van der Waals surface area contributed by atoms with Crippen LogP contribution in [0.2, 0.25) is 0 Å². The number of hydrogen-bond acceptors (Lipinski definition) is 7. The zero-order valence-corrected chi connectivity index (χ0v) is 23.5. The fraction of sp³-hybridized carbons (Fsp3) is 0.310. The molecule has 0 aliphatic rings. The average Bonchev–Trinajstić information content (AvgIpc) is 2.93. The van der Waals surface area contributed by atoms with Gasteiger partial charge in [-0.25, -0.2) is 9.37 Å². The molecular formula is C29H25F7N4O4. The number of nitrogens with zero attached hydrogens (tertiary/aromatic N) is 3. The first-order chi connectivity index (χ1) is 20.3. The molecule has 0 unspecified atom stereocenters. The van der Waals surface area contributed by atoms with E-state index in [2.05, 4.69) is 15.2 Å². The van der Waals surface area contributed by atoms with Crippen LogP contribution in [0.3, 0.4) is 0 Å². The topological polar surface area (TPSA) is 117 Å². The van der Waals surface area contributed by atoms with Crippen LogP contribution in [-0.2, 0) is 17.4 Å². The second-order valence-electron chi connectivity index (χ2n) is 10.5. The van der Waals surface area contributed by atoms with Crippen LogP contribution in [0.4, 0.5) is 30.7 Å². The zero-order chi connectivity index (χ0) is 32.8. The number of amides is 1. The van der Waals surface area contributed by atoms with Crippen molar-refractivity contribution >= 4 is 16.8 Å². The second-order valence-corrected chi connectivity index (χ2v) is 10.5. The normalized spacial score (nSPS) is 13.9. The van der Waals surface area contributed by atoms with E-state index >= 15 is 4.39 Å². The van der Waals surface area contributed by atoms with E-state index in [0.29, 0.717) is 29.3 Å². The van der Waals surface area contributed by atoms with Crippen LogP contribution in [0.25, 0.3) is 22.2 Å². The summed E-state index contributed by atoms with van der Waals surface area (Å²) in [6.45, 7) is 2.23. The van der Waals surface area contributed by atoms with Crippen LogP contribution in [0.5, 0.6) is 5.75 Å². The average molecular weight is 627 g/mol. The van der Waals surface area contributed by atoms with Gasteiger partial charge in [0.05, 0.1) is 36.2 Å². The molecule has 1 atom stereocenters. The van der Waals surface area contributed by atoms with Gasteiger partial charge in [-0.3, -0.25) is 4.79 Å². The fourth-order valence-electron chi connectivity index (χ4n) is 4.36. The van der Waals surface area contributed by atoms with Gasteiger partial charge in [-0.2, -0.15) is 31.4 Å². The van der Waals surface area contributed by atoms with E-state index < -0.39 is 64.3 Å². The standard InChI is InChI=1S/C29H25F7N4O4/c1-14-9-16-10-17(11-20(44-4)23(16)40-39-14)25(41)37-13-27(43,29(34,35)36)21-12-19(26(2,3)42)22(30)24(38-21)15-5-7-18(8-6-15)28(31,32)33/h5-12,42-43H,13H2,1-4H3,(H,37,41)/t27-/m0/s1. The van der Waals surface area contributed by atoms with E-state index in [0.717, 1.165) is 26.0 Å². The molecule has 0 fully saturated rings. The van der Waals surface area contributed by atoms with Crippen LogP contribution in [0, 0.1) is 12.7 Å². The van der Waals surface area contributed by atoms with E-state index in [4.69, 9.17) is 4.74 Å². The first-order valence-corrected chi connectivity index (χ1v) is 12.8. The number of aromatic nitrogens is 3. The Balaban J connectivity index is 1.79. The second kappa shape index (κ2) is 11.3. The van der Waals surface area contributed by atoms with Crippen molar-refractivity contribution in [3.63, 3.8) is 0 Å². The molecule has 0 saturated heterocycles. The third-order valence-corrected chi connectivity index (χ3v) is 6.76. The van der Waals surface area contributed by atoms with E-state index in [1.165, 1.54) is 19.2 Å². The lowest BCUT2D eigenvalue weighted by atomic mass is 9.90. The van der Waals surface area contributed by atoms with Crippen molar-refractivity contribution in [1.29, 1.82) is 0 Å². The molecule has 0 aliphatic carbocycles. The lowest BCUT2D eigenvalue weighted by Gasteiger charge is -2.32. The summed E-state index contributed by atoms with van der Waals surface area (Å²) >= 11 is 0. The highest BCUT2D eigenvalue weighted by atomic mass is 19.4. The molecule has 0 spiro atoms. The number of halogens is 7. The smallest absolute Gasteiger partial charge is 0.424 e. The van der Waals surface area contributed by atoms with Crippen LogP contribution in [0.15, 0.2) is 48.5 Å². The first kappa shape index (κ1) is 32.5.